The third-order valence-electron chi connectivity index (χ3n) is 1.36. The van der Waals surface area contributed by atoms with E-state index in [9.17, 15) is 4.79 Å². The van der Waals surface area contributed by atoms with E-state index in [1.807, 2.05) is 27.7 Å². The standard InChI is InChI=1S/C9H10N2O.2C2H6/c1-2-3-6-11-9(12)8-5-4-7-10-8;2*1-2/h4-5,7,10H,6H2,1H3,(H,11,12);2*1-2H3. The fourth-order valence-electron chi connectivity index (χ4n) is 0.780. The van der Waals surface area contributed by atoms with Crippen LogP contribution in [0, 0.1) is 11.8 Å². The van der Waals surface area contributed by atoms with Crippen LogP contribution < -0.4 is 5.32 Å². The van der Waals surface area contributed by atoms with Crippen LogP contribution in [0.3, 0.4) is 0 Å². The molecule has 1 amide bonds. The number of amides is 1. The van der Waals surface area contributed by atoms with Gasteiger partial charge < -0.3 is 10.3 Å². The number of rotatable bonds is 2. The number of H-pyrrole nitrogens is 1. The highest BCUT2D eigenvalue weighted by atomic mass is 16.1. The summed E-state index contributed by atoms with van der Waals surface area (Å²) in [7, 11) is 0. The summed E-state index contributed by atoms with van der Waals surface area (Å²) in [5, 5.41) is 2.64. The number of nitrogens with one attached hydrogen (secondary N) is 2. The maximum atomic E-state index is 11.2. The molecule has 16 heavy (non-hydrogen) atoms. The zero-order valence-electron chi connectivity index (χ0n) is 10.8. The van der Waals surface area contributed by atoms with Gasteiger partial charge in [-0.2, -0.15) is 0 Å². The SMILES string of the molecule is CC.CC.CC#CCNC(=O)c1ccc[nH]1. The number of aromatic nitrogens is 1. The Kier molecular flexibility index (Phi) is 13.9. The van der Waals surface area contributed by atoms with Crippen LogP contribution in [-0.2, 0) is 0 Å². The first-order chi connectivity index (χ1) is 7.84. The lowest BCUT2D eigenvalue weighted by Crippen LogP contribution is -2.23. The molecular formula is C13H22N2O. The lowest BCUT2D eigenvalue weighted by molar-refractivity contribution is 0.0954. The van der Waals surface area contributed by atoms with Crippen LogP contribution in [0.5, 0.6) is 0 Å². The fraction of sp³-hybridized carbons (Fsp3) is 0.462. The molecule has 0 radical (unpaired) electrons. The van der Waals surface area contributed by atoms with Crippen LogP contribution in [0.2, 0.25) is 0 Å². The van der Waals surface area contributed by atoms with Gasteiger partial charge in [0.2, 0.25) is 0 Å². The van der Waals surface area contributed by atoms with Gasteiger partial charge in [0.15, 0.2) is 0 Å². The van der Waals surface area contributed by atoms with Crippen LogP contribution in [0.15, 0.2) is 18.3 Å². The van der Waals surface area contributed by atoms with Gasteiger partial charge in [0, 0.05) is 6.20 Å². The van der Waals surface area contributed by atoms with Crippen molar-refractivity contribution >= 4 is 5.91 Å². The van der Waals surface area contributed by atoms with Gasteiger partial charge in [-0.1, -0.05) is 33.6 Å². The normalized spacial score (nSPS) is 7.06. The molecular weight excluding hydrogens is 200 g/mol. The molecule has 0 fully saturated rings. The average Bonchev–Trinajstić information content (AvgIpc) is 2.88. The highest BCUT2D eigenvalue weighted by Crippen LogP contribution is 1.92. The molecule has 1 heterocycles. The van der Waals surface area contributed by atoms with Crippen molar-refractivity contribution in [3.63, 3.8) is 0 Å². The molecule has 0 aliphatic rings. The summed E-state index contributed by atoms with van der Waals surface area (Å²) >= 11 is 0. The Morgan fingerprint density at radius 3 is 2.44 bits per heavy atom. The predicted molar refractivity (Wildman–Crippen MR) is 69.3 cm³/mol. The summed E-state index contributed by atoms with van der Waals surface area (Å²) in [5.41, 5.74) is 0.563. The average molecular weight is 222 g/mol. The highest BCUT2D eigenvalue weighted by molar-refractivity contribution is 5.92. The molecule has 3 nitrogen and oxygen atoms in total. The predicted octanol–water partition coefficient (Wildman–Crippen LogP) is 2.82. The summed E-state index contributed by atoms with van der Waals surface area (Å²) in [6.07, 6.45) is 1.71. The third kappa shape index (κ3) is 7.69. The molecule has 0 bridgehead atoms. The zero-order valence-corrected chi connectivity index (χ0v) is 10.8. The maximum absolute atomic E-state index is 11.2. The van der Waals surface area contributed by atoms with Gasteiger partial charge >= 0.3 is 0 Å². The van der Waals surface area contributed by atoms with Crippen LogP contribution in [-0.4, -0.2) is 17.4 Å². The van der Waals surface area contributed by atoms with E-state index in [0.29, 0.717) is 12.2 Å². The van der Waals surface area contributed by atoms with E-state index in [2.05, 4.69) is 22.1 Å². The minimum Gasteiger partial charge on any atom is -0.357 e. The lowest BCUT2D eigenvalue weighted by atomic mass is 10.4. The van der Waals surface area contributed by atoms with E-state index in [-0.39, 0.29) is 5.91 Å². The number of hydrogen-bond donors (Lipinski definition) is 2. The zero-order chi connectivity index (χ0) is 12.8. The Balaban J connectivity index is 0. The molecule has 0 spiro atoms. The van der Waals surface area contributed by atoms with Crippen molar-refractivity contribution in [2.45, 2.75) is 34.6 Å². The van der Waals surface area contributed by atoms with Crippen LogP contribution in [0.4, 0.5) is 0 Å². The Labute approximate surface area is 98.6 Å². The molecule has 0 unspecified atom stereocenters. The number of carbonyl (C=O) groups is 1. The molecule has 90 valence electrons. The van der Waals surface area contributed by atoms with Gasteiger partial charge in [0.05, 0.1) is 6.54 Å². The lowest BCUT2D eigenvalue weighted by Gasteiger charge is -1.96. The molecule has 0 aromatic carbocycles. The largest absolute Gasteiger partial charge is 0.357 e. The van der Waals surface area contributed by atoms with Gasteiger partial charge in [0.1, 0.15) is 5.69 Å². The first kappa shape index (κ1) is 16.7. The summed E-state index contributed by atoms with van der Waals surface area (Å²) in [6.45, 7) is 10.1. The second-order valence-electron chi connectivity index (χ2n) is 2.19. The number of hydrogen-bond acceptors (Lipinski definition) is 1. The monoisotopic (exact) mass is 222 g/mol. The topological polar surface area (TPSA) is 44.9 Å². The molecule has 0 atom stereocenters. The van der Waals surface area contributed by atoms with E-state index < -0.39 is 0 Å². The highest BCUT2D eigenvalue weighted by Gasteiger charge is 2.02. The minimum absolute atomic E-state index is 0.122. The Hall–Kier alpha value is -1.69. The Morgan fingerprint density at radius 1 is 1.38 bits per heavy atom. The van der Waals surface area contributed by atoms with Crippen molar-refractivity contribution in [3.05, 3.63) is 24.0 Å². The first-order valence-electron chi connectivity index (χ1n) is 5.66. The molecule has 0 aliphatic carbocycles. The maximum Gasteiger partial charge on any atom is 0.268 e. The van der Waals surface area contributed by atoms with Gasteiger partial charge in [-0.05, 0) is 19.1 Å². The van der Waals surface area contributed by atoms with E-state index in [4.69, 9.17) is 0 Å². The van der Waals surface area contributed by atoms with Crippen molar-refractivity contribution in [2.24, 2.45) is 0 Å². The van der Waals surface area contributed by atoms with Crippen molar-refractivity contribution in [1.29, 1.82) is 0 Å². The Morgan fingerprint density at radius 2 is 2.00 bits per heavy atom. The second-order valence-corrected chi connectivity index (χ2v) is 2.19. The van der Waals surface area contributed by atoms with Crippen molar-refractivity contribution in [2.75, 3.05) is 6.54 Å². The van der Waals surface area contributed by atoms with Crippen LogP contribution in [0.25, 0.3) is 0 Å². The van der Waals surface area contributed by atoms with Gasteiger partial charge in [0.25, 0.3) is 5.91 Å². The molecule has 0 saturated heterocycles. The molecule has 0 aliphatic heterocycles. The molecule has 2 N–H and O–H groups in total. The molecule has 1 aromatic rings. The second kappa shape index (κ2) is 13.3. The van der Waals surface area contributed by atoms with Crippen LogP contribution in [0.1, 0.15) is 45.1 Å². The van der Waals surface area contributed by atoms with Crippen molar-refractivity contribution in [1.82, 2.24) is 10.3 Å². The molecule has 1 rings (SSSR count). The van der Waals surface area contributed by atoms with E-state index in [0.717, 1.165) is 0 Å². The van der Waals surface area contributed by atoms with Gasteiger partial charge in [-0.25, -0.2) is 0 Å². The van der Waals surface area contributed by atoms with Gasteiger partial charge in [-0.15, -0.1) is 5.92 Å². The molecule has 3 heteroatoms. The third-order valence-corrected chi connectivity index (χ3v) is 1.36. The van der Waals surface area contributed by atoms with E-state index in [1.54, 1.807) is 25.3 Å². The van der Waals surface area contributed by atoms with E-state index >= 15 is 0 Å². The van der Waals surface area contributed by atoms with Crippen molar-refractivity contribution < 1.29 is 4.79 Å². The Bertz CT molecular complexity index is 304. The molecule has 1 aromatic heterocycles. The minimum atomic E-state index is -0.122. The summed E-state index contributed by atoms with van der Waals surface area (Å²) < 4.78 is 0. The van der Waals surface area contributed by atoms with Crippen molar-refractivity contribution in [3.8, 4) is 11.8 Å². The van der Waals surface area contributed by atoms with E-state index in [1.165, 1.54) is 0 Å². The number of aromatic amines is 1. The van der Waals surface area contributed by atoms with Crippen LogP contribution >= 0.6 is 0 Å². The summed E-state index contributed by atoms with van der Waals surface area (Å²) in [6, 6.07) is 3.50. The fourth-order valence-corrected chi connectivity index (χ4v) is 0.780. The number of carbonyl (C=O) groups excluding carboxylic acids is 1. The first-order valence-corrected chi connectivity index (χ1v) is 5.66. The molecule has 0 saturated carbocycles. The summed E-state index contributed by atoms with van der Waals surface area (Å²) in [5.74, 6) is 5.32. The summed E-state index contributed by atoms with van der Waals surface area (Å²) in [4.78, 5) is 14.0. The quantitative estimate of drug-likeness (QED) is 0.742. The van der Waals surface area contributed by atoms with Gasteiger partial charge in [-0.3, -0.25) is 4.79 Å². The smallest absolute Gasteiger partial charge is 0.268 e.